The standard InChI is InChI=1S/C11H17IN4/c1-9(2)10-7-13-11(14-8-10)15-3-5-16(12)6-4-15/h7-9H,3-6H2,1-2H3. The van der Waals surface area contributed by atoms with E-state index in [1.807, 2.05) is 12.4 Å². The third-order valence-electron chi connectivity index (χ3n) is 2.83. The van der Waals surface area contributed by atoms with Gasteiger partial charge >= 0.3 is 0 Å². The lowest BCUT2D eigenvalue weighted by atomic mass is 10.1. The fourth-order valence-corrected chi connectivity index (χ4v) is 2.11. The molecule has 0 radical (unpaired) electrons. The van der Waals surface area contributed by atoms with Crippen LogP contribution in [-0.4, -0.2) is 39.3 Å². The van der Waals surface area contributed by atoms with Crippen molar-refractivity contribution in [3.63, 3.8) is 0 Å². The number of hydrogen-bond acceptors (Lipinski definition) is 4. The van der Waals surface area contributed by atoms with Gasteiger partial charge in [-0.2, -0.15) is 0 Å². The van der Waals surface area contributed by atoms with E-state index in [0.29, 0.717) is 5.92 Å². The third kappa shape index (κ3) is 2.82. The van der Waals surface area contributed by atoms with Crippen LogP contribution in [0.1, 0.15) is 25.3 Å². The normalized spacial score (nSPS) is 18.1. The van der Waals surface area contributed by atoms with E-state index in [9.17, 15) is 0 Å². The van der Waals surface area contributed by atoms with Crippen molar-refractivity contribution in [2.45, 2.75) is 19.8 Å². The van der Waals surface area contributed by atoms with Gasteiger partial charge in [0.05, 0.1) is 0 Å². The van der Waals surface area contributed by atoms with Gasteiger partial charge in [0, 0.05) is 61.4 Å². The van der Waals surface area contributed by atoms with Crippen molar-refractivity contribution in [1.82, 2.24) is 13.1 Å². The Morgan fingerprint density at radius 3 is 2.19 bits per heavy atom. The number of aromatic nitrogens is 2. The number of piperazine rings is 1. The highest BCUT2D eigenvalue weighted by molar-refractivity contribution is 14.1. The molecule has 5 heteroatoms. The van der Waals surface area contributed by atoms with Gasteiger partial charge in [-0.3, -0.25) is 0 Å². The summed E-state index contributed by atoms with van der Waals surface area (Å²) >= 11 is 2.37. The van der Waals surface area contributed by atoms with Crippen molar-refractivity contribution in [2.24, 2.45) is 0 Å². The third-order valence-corrected chi connectivity index (χ3v) is 3.80. The molecule has 1 aromatic rings. The molecule has 1 saturated heterocycles. The Morgan fingerprint density at radius 1 is 1.12 bits per heavy atom. The molecule has 2 rings (SSSR count). The van der Waals surface area contributed by atoms with Gasteiger partial charge in [0.2, 0.25) is 5.95 Å². The number of rotatable bonds is 2. The number of halogens is 1. The number of anilines is 1. The Hall–Kier alpha value is -0.430. The van der Waals surface area contributed by atoms with Crippen molar-refractivity contribution >= 4 is 28.8 Å². The van der Waals surface area contributed by atoms with Crippen molar-refractivity contribution in [1.29, 1.82) is 0 Å². The van der Waals surface area contributed by atoms with E-state index >= 15 is 0 Å². The fraction of sp³-hybridized carbons (Fsp3) is 0.636. The molecule has 4 nitrogen and oxygen atoms in total. The summed E-state index contributed by atoms with van der Waals surface area (Å²) in [6.07, 6.45) is 3.90. The lowest BCUT2D eigenvalue weighted by Gasteiger charge is -2.31. The zero-order chi connectivity index (χ0) is 11.5. The fourth-order valence-electron chi connectivity index (χ4n) is 1.67. The zero-order valence-electron chi connectivity index (χ0n) is 9.73. The predicted octanol–water partition coefficient (Wildman–Crippen LogP) is 2.07. The molecule has 0 unspecified atom stereocenters. The second kappa shape index (κ2) is 5.27. The summed E-state index contributed by atoms with van der Waals surface area (Å²) in [4.78, 5) is 11.1. The topological polar surface area (TPSA) is 32.3 Å². The van der Waals surface area contributed by atoms with E-state index < -0.39 is 0 Å². The molecule has 1 fully saturated rings. The lowest BCUT2D eigenvalue weighted by molar-refractivity contribution is 0.456. The summed E-state index contributed by atoms with van der Waals surface area (Å²) < 4.78 is 2.30. The van der Waals surface area contributed by atoms with Crippen molar-refractivity contribution in [3.05, 3.63) is 18.0 Å². The molecule has 0 amide bonds. The van der Waals surface area contributed by atoms with E-state index in [1.165, 1.54) is 5.56 Å². The summed E-state index contributed by atoms with van der Waals surface area (Å²) in [6.45, 7) is 8.51. The second-order valence-corrected chi connectivity index (χ2v) is 5.73. The maximum absolute atomic E-state index is 4.44. The smallest absolute Gasteiger partial charge is 0.225 e. The SMILES string of the molecule is CC(C)c1cnc(N2CCN(I)CC2)nc1. The van der Waals surface area contributed by atoms with Gasteiger partial charge in [0.15, 0.2) is 0 Å². The van der Waals surface area contributed by atoms with Crippen molar-refractivity contribution in [3.8, 4) is 0 Å². The first-order chi connectivity index (χ1) is 7.66. The van der Waals surface area contributed by atoms with Gasteiger partial charge in [-0.25, -0.2) is 13.1 Å². The largest absolute Gasteiger partial charge is 0.338 e. The average Bonchev–Trinajstić information content (AvgIpc) is 2.30. The van der Waals surface area contributed by atoms with Crippen LogP contribution in [0.4, 0.5) is 5.95 Å². The highest BCUT2D eigenvalue weighted by atomic mass is 127. The first-order valence-corrected chi connectivity index (χ1v) is 6.61. The van der Waals surface area contributed by atoms with Crippen LogP contribution in [0.15, 0.2) is 12.4 Å². The Balaban J connectivity index is 2.04. The molecule has 0 aliphatic carbocycles. The van der Waals surface area contributed by atoms with Crippen LogP contribution >= 0.6 is 22.9 Å². The Labute approximate surface area is 111 Å². The van der Waals surface area contributed by atoms with Gasteiger partial charge < -0.3 is 4.90 Å². The molecule has 88 valence electrons. The van der Waals surface area contributed by atoms with Gasteiger partial charge in [0.1, 0.15) is 0 Å². The Kier molecular flexibility index (Phi) is 3.96. The molecule has 1 aromatic heterocycles. The minimum atomic E-state index is 0.500. The summed E-state index contributed by atoms with van der Waals surface area (Å²) in [6, 6.07) is 0. The summed E-state index contributed by atoms with van der Waals surface area (Å²) in [5.41, 5.74) is 1.20. The van der Waals surface area contributed by atoms with E-state index in [4.69, 9.17) is 0 Å². The molecular formula is C11H17IN4. The van der Waals surface area contributed by atoms with Crippen LogP contribution in [0.5, 0.6) is 0 Å². The predicted molar refractivity (Wildman–Crippen MR) is 73.9 cm³/mol. The monoisotopic (exact) mass is 332 g/mol. The molecule has 1 aliphatic rings. The molecule has 0 aromatic carbocycles. The van der Waals surface area contributed by atoms with Gasteiger partial charge in [-0.05, 0) is 11.5 Å². The van der Waals surface area contributed by atoms with Gasteiger partial charge in [-0.1, -0.05) is 13.8 Å². The maximum Gasteiger partial charge on any atom is 0.225 e. The van der Waals surface area contributed by atoms with Crippen LogP contribution in [0, 0.1) is 0 Å². The van der Waals surface area contributed by atoms with Crippen LogP contribution in [0.3, 0.4) is 0 Å². The van der Waals surface area contributed by atoms with E-state index in [2.05, 4.69) is 54.7 Å². The van der Waals surface area contributed by atoms with Crippen LogP contribution in [0.2, 0.25) is 0 Å². The Morgan fingerprint density at radius 2 is 1.69 bits per heavy atom. The quantitative estimate of drug-likeness (QED) is 0.613. The van der Waals surface area contributed by atoms with E-state index in [0.717, 1.165) is 32.1 Å². The molecule has 0 saturated carbocycles. The average molecular weight is 332 g/mol. The number of nitrogens with zero attached hydrogens (tertiary/aromatic N) is 4. The minimum Gasteiger partial charge on any atom is -0.338 e. The molecule has 1 aliphatic heterocycles. The maximum atomic E-state index is 4.44. The highest BCUT2D eigenvalue weighted by Gasteiger charge is 2.17. The molecule has 0 atom stereocenters. The van der Waals surface area contributed by atoms with Crippen molar-refractivity contribution in [2.75, 3.05) is 31.1 Å². The molecule has 0 spiro atoms. The first kappa shape index (κ1) is 12.0. The highest BCUT2D eigenvalue weighted by Crippen LogP contribution is 2.16. The van der Waals surface area contributed by atoms with Crippen LogP contribution in [0.25, 0.3) is 0 Å². The summed E-state index contributed by atoms with van der Waals surface area (Å²) in [5, 5.41) is 0. The molecule has 16 heavy (non-hydrogen) atoms. The summed E-state index contributed by atoms with van der Waals surface area (Å²) in [5.74, 6) is 1.37. The summed E-state index contributed by atoms with van der Waals surface area (Å²) in [7, 11) is 0. The second-order valence-electron chi connectivity index (χ2n) is 4.37. The van der Waals surface area contributed by atoms with Gasteiger partial charge in [0.25, 0.3) is 0 Å². The molecule has 0 N–H and O–H groups in total. The number of hydrogen-bond donors (Lipinski definition) is 0. The minimum absolute atomic E-state index is 0.500. The molecular weight excluding hydrogens is 315 g/mol. The van der Waals surface area contributed by atoms with E-state index in [1.54, 1.807) is 0 Å². The van der Waals surface area contributed by atoms with Crippen LogP contribution < -0.4 is 4.90 Å². The van der Waals surface area contributed by atoms with Gasteiger partial charge in [-0.15, -0.1) is 0 Å². The Bertz CT molecular complexity index is 330. The van der Waals surface area contributed by atoms with E-state index in [-0.39, 0.29) is 0 Å². The first-order valence-electron chi connectivity index (χ1n) is 5.64. The lowest BCUT2D eigenvalue weighted by Crippen LogP contribution is -2.42. The zero-order valence-corrected chi connectivity index (χ0v) is 11.9. The molecule has 0 bridgehead atoms. The van der Waals surface area contributed by atoms with Crippen molar-refractivity contribution < 1.29 is 0 Å². The van der Waals surface area contributed by atoms with Crippen LogP contribution in [-0.2, 0) is 0 Å². The molecule has 2 heterocycles.